The lowest BCUT2D eigenvalue weighted by Gasteiger charge is -2.18. The molecule has 6 heteroatoms. The van der Waals surface area contributed by atoms with Crippen molar-refractivity contribution in [1.82, 2.24) is 10.2 Å². The number of carbonyl (C=O) groups is 2. The monoisotopic (exact) mass is 279 g/mol. The first-order valence-corrected chi connectivity index (χ1v) is 6.67. The van der Waals surface area contributed by atoms with Crippen LogP contribution in [-0.2, 0) is 0 Å². The summed E-state index contributed by atoms with van der Waals surface area (Å²) >= 11 is 0. The molecular formula is C14H21N3O3. The van der Waals surface area contributed by atoms with Crippen molar-refractivity contribution in [1.29, 1.82) is 0 Å². The average Bonchev–Trinajstić information content (AvgIpc) is 2.44. The smallest absolute Gasteiger partial charge is 0.335 e. The number of nitrogens with zero attached hydrogens (tertiary/aromatic N) is 1. The Kier molecular flexibility index (Phi) is 6.52. The van der Waals surface area contributed by atoms with E-state index in [-0.39, 0.29) is 11.6 Å². The Morgan fingerprint density at radius 1 is 1.25 bits per heavy atom. The van der Waals surface area contributed by atoms with Crippen LogP contribution in [0.5, 0.6) is 0 Å². The molecule has 1 rings (SSSR count). The highest BCUT2D eigenvalue weighted by molar-refractivity contribution is 5.93. The van der Waals surface area contributed by atoms with Crippen molar-refractivity contribution in [2.24, 2.45) is 0 Å². The largest absolute Gasteiger partial charge is 0.478 e. The third-order valence-electron chi connectivity index (χ3n) is 2.98. The van der Waals surface area contributed by atoms with Gasteiger partial charge in [0.15, 0.2) is 0 Å². The standard InChI is InChI=1S/C14H21N3O3/c1-3-17(4-2)9-8-15-14(20)16-12-7-5-6-11(10-12)13(18)19/h5-7,10H,3-4,8-9H2,1-2H3,(H,18,19)(H2,15,16,20). The quantitative estimate of drug-likeness (QED) is 0.711. The van der Waals surface area contributed by atoms with E-state index in [1.54, 1.807) is 12.1 Å². The van der Waals surface area contributed by atoms with Crippen LogP contribution in [0.4, 0.5) is 10.5 Å². The van der Waals surface area contributed by atoms with Crippen LogP contribution >= 0.6 is 0 Å². The van der Waals surface area contributed by atoms with Crippen molar-refractivity contribution in [2.45, 2.75) is 13.8 Å². The van der Waals surface area contributed by atoms with E-state index < -0.39 is 5.97 Å². The fraction of sp³-hybridized carbons (Fsp3) is 0.429. The number of aromatic carboxylic acids is 1. The fourth-order valence-electron chi connectivity index (χ4n) is 1.77. The minimum atomic E-state index is -1.02. The van der Waals surface area contributed by atoms with E-state index in [0.717, 1.165) is 19.6 Å². The van der Waals surface area contributed by atoms with Crippen molar-refractivity contribution >= 4 is 17.7 Å². The molecular weight excluding hydrogens is 258 g/mol. The van der Waals surface area contributed by atoms with Gasteiger partial charge in [-0.05, 0) is 31.3 Å². The van der Waals surface area contributed by atoms with Gasteiger partial charge in [-0.15, -0.1) is 0 Å². The maximum absolute atomic E-state index is 11.7. The Balaban J connectivity index is 2.42. The summed E-state index contributed by atoms with van der Waals surface area (Å²) in [5, 5.41) is 14.2. The Labute approximate surface area is 118 Å². The second-order valence-corrected chi connectivity index (χ2v) is 4.29. The number of anilines is 1. The summed E-state index contributed by atoms with van der Waals surface area (Å²) in [4.78, 5) is 24.7. The summed E-state index contributed by atoms with van der Waals surface area (Å²) in [6.45, 7) is 7.37. The summed E-state index contributed by atoms with van der Waals surface area (Å²) in [6, 6.07) is 5.81. The fourth-order valence-corrected chi connectivity index (χ4v) is 1.77. The number of amides is 2. The van der Waals surface area contributed by atoms with E-state index in [0.29, 0.717) is 12.2 Å². The summed E-state index contributed by atoms with van der Waals surface area (Å²) in [7, 11) is 0. The van der Waals surface area contributed by atoms with Gasteiger partial charge in [-0.3, -0.25) is 0 Å². The molecule has 0 radical (unpaired) electrons. The first-order chi connectivity index (χ1) is 9.56. The number of nitrogens with one attached hydrogen (secondary N) is 2. The Morgan fingerprint density at radius 3 is 2.55 bits per heavy atom. The van der Waals surface area contributed by atoms with E-state index in [2.05, 4.69) is 29.4 Å². The molecule has 0 spiro atoms. The minimum Gasteiger partial charge on any atom is -0.478 e. The number of likely N-dealkylation sites (N-methyl/N-ethyl adjacent to an activating group) is 1. The minimum absolute atomic E-state index is 0.144. The maximum atomic E-state index is 11.7. The normalized spacial score (nSPS) is 10.3. The number of benzene rings is 1. The molecule has 0 heterocycles. The first-order valence-electron chi connectivity index (χ1n) is 6.67. The molecule has 0 unspecified atom stereocenters. The molecule has 1 aromatic rings. The van der Waals surface area contributed by atoms with E-state index >= 15 is 0 Å². The van der Waals surface area contributed by atoms with Gasteiger partial charge in [-0.1, -0.05) is 19.9 Å². The highest BCUT2D eigenvalue weighted by Gasteiger charge is 2.06. The molecule has 6 nitrogen and oxygen atoms in total. The number of carboxylic acid groups (broad SMARTS) is 1. The van der Waals surface area contributed by atoms with Gasteiger partial charge in [0, 0.05) is 18.8 Å². The van der Waals surface area contributed by atoms with Gasteiger partial charge in [-0.25, -0.2) is 9.59 Å². The average molecular weight is 279 g/mol. The lowest BCUT2D eigenvalue weighted by atomic mass is 10.2. The van der Waals surface area contributed by atoms with Crippen molar-refractivity contribution in [2.75, 3.05) is 31.5 Å². The van der Waals surface area contributed by atoms with Crippen LogP contribution in [0.15, 0.2) is 24.3 Å². The summed E-state index contributed by atoms with van der Waals surface area (Å²) in [5.41, 5.74) is 0.608. The highest BCUT2D eigenvalue weighted by Crippen LogP contribution is 2.10. The van der Waals surface area contributed by atoms with E-state index in [4.69, 9.17) is 5.11 Å². The number of hydrogen-bond acceptors (Lipinski definition) is 3. The number of hydrogen-bond donors (Lipinski definition) is 3. The van der Waals surface area contributed by atoms with Gasteiger partial charge in [0.1, 0.15) is 0 Å². The molecule has 110 valence electrons. The zero-order valence-corrected chi connectivity index (χ0v) is 11.8. The van der Waals surface area contributed by atoms with E-state index in [1.165, 1.54) is 12.1 Å². The van der Waals surface area contributed by atoms with Gasteiger partial charge in [0.05, 0.1) is 5.56 Å². The lowest BCUT2D eigenvalue weighted by Crippen LogP contribution is -2.36. The van der Waals surface area contributed by atoms with Gasteiger partial charge in [0.25, 0.3) is 0 Å². The molecule has 0 aliphatic carbocycles. The Bertz CT molecular complexity index is 459. The number of carbonyl (C=O) groups excluding carboxylic acids is 1. The predicted octanol–water partition coefficient (Wildman–Crippen LogP) is 1.85. The van der Waals surface area contributed by atoms with Gasteiger partial charge in [0.2, 0.25) is 0 Å². The van der Waals surface area contributed by atoms with E-state index in [9.17, 15) is 9.59 Å². The number of rotatable bonds is 7. The van der Waals surface area contributed by atoms with E-state index in [1.807, 2.05) is 0 Å². The van der Waals surface area contributed by atoms with Crippen molar-refractivity contribution in [3.8, 4) is 0 Å². The molecule has 1 aromatic carbocycles. The van der Waals surface area contributed by atoms with Crippen molar-refractivity contribution in [3.05, 3.63) is 29.8 Å². The molecule has 0 bridgehead atoms. The zero-order chi connectivity index (χ0) is 15.0. The predicted molar refractivity (Wildman–Crippen MR) is 78.2 cm³/mol. The van der Waals surface area contributed by atoms with Gasteiger partial charge >= 0.3 is 12.0 Å². The maximum Gasteiger partial charge on any atom is 0.335 e. The summed E-state index contributed by atoms with van der Waals surface area (Å²) < 4.78 is 0. The van der Waals surface area contributed by atoms with Crippen LogP contribution in [0.25, 0.3) is 0 Å². The molecule has 2 amide bonds. The molecule has 20 heavy (non-hydrogen) atoms. The van der Waals surface area contributed by atoms with Gasteiger partial charge < -0.3 is 20.6 Å². The topological polar surface area (TPSA) is 81.7 Å². The van der Waals surface area contributed by atoms with Crippen LogP contribution in [0.3, 0.4) is 0 Å². The first kappa shape index (κ1) is 16.0. The number of urea groups is 1. The summed E-state index contributed by atoms with van der Waals surface area (Å²) in [5.74, 6) is -1.02. The zero-order valence-electron chi connectivity index (χ0n) is 11.8. The second-order valence-electron chi connectivity index (χ2n) is 4.29. The SMILES string of the molecule is CCN(CC)CCNC(=O)Nc1cccc(C(=O)O)c1. The van der Waals surface area contributed by atoms with Crippen molar-refractivity contribution in [3.63, 3.8) is 0 Å². The second kappa shape index (κ2) is 8.16. The van der Waals surface area contributed by atoms with Crippen LogP contribution < -0.4 is 10.6 Å². The van der Waals surface area contributed by atoms with Gasteiger partial charge in [-0.2, -0.15) is 0 Å². The Morgan fingerprint density at radius 2 is 1.95 bits per heavy atom. The molecule has 0 fully saturated rings. The highest BCUT2D eigenvalue weighted by atomic mass is 16.4. The molecule has 0 aromatic heterocycles. The van der Waals surface area contributed by atoms with Crippen molar-refractivity contribution < 1.29 is 14.7 Å². The molecule has 0 aliphatic heterocycles. The van der Waals surface area contributed by atoms with Crippen LogP contribution in [0, 0.1) is 0 Å². The lowest BCUT2D eigenvalue weighted by molar-refractivity contribution is 0.0697. The molecule has 0 saturated carbocycles. The van der Waals surface area contributed by atoms with Crippen LogP contribution in [0.2, 0.25) is 0 Å². The third-order valence-corrected chi connectivity index (χ3v) is 2.98. The summed E-state index contributed by atoms with van der Waals surface area (Å²) in [6.07, 6.45) is 0. The van der Waals surface area contributed by atoms with Crippen LogP contribution in [0.1, 0.15) is 24.2 Å². The third kappa shape index (κ3) is 5.27. The number of carboxylic acids is 1. The molecule has 0 saturated heterocycles. The molecule has 0 aliphatic rings. The molecule has 3 N–H and O–H groups in total. The Hall–Kier alpha value is -2.08. The molecule has 0 atom stereocenters. The van der Waals surface area contributed by atoms with Crippen LogP contribution in [-0.4, -0.2) is 48.2 Å².